The second kappa shape index (κ2) is 3.85. The van der Waals surface area contributed by atoms with E-state index in [0.29, 0.717) is 5.75 Å². The first-order valence-electron chi connectivity index (χ1n) is 3.79. The summed E-state index contributed by atoms with van der Waals surface area (Å²) in [6.45, 7) is 1.80. The molecule has 0 radical (unpaired) electrons. The predicted octanol–water partition coefficient (Wildman–Crippen LogP) is 0.586. The lowest BCUT2D eigenvalue weighted by Crippen LogP contribution is -2.19. The van der Waals surface area contributed by atoms with Gasteiger partial charge in [-0.05, 0) is 24.6 Å². The van der Waals surface area contributed by atoms with Gasteiger partial charge < -0.3 is 8.92 Å². The molecule has 0 aliphatic carbocycles. The van der Waals surface area contributed by atoms with Crippen LogP contribution in [0.25, 0.3) is 0 Å². The van der Waals surface area contributed by atoms with E-state index in [2.05, 4.69) is 4.18 Å². The Kier molecular flexibility index (Phi) is 2.97. The number of nitrogens with two attached hydrogens (primary N) is 1. The van der Waals surface area contributed by atoms with E-state index in [0.717, 1.165) is 5.56 Å². The maximum atomic E-state index is 10.7. The molecule has 0 heterocycles. The van der Waals surface area contributed by atoms with E-state index in [4.69, 9.17) is 9.88 Å². The first-order chi connectivity index (χ1) is 6.42. The van der Waals surface area contributed by atoms with Crippen molar-refractivity contribution in [3.63, 3.8) is 0 Å². The fourth-order valence-electron chi connectivity index (χ4n) is 0.974. The summed E-state index contributed by atoms with van der Waals surface area (Å²) >= 11 is 0. The fraction of sp³-hybridized carbons (Fsp3) is 0.250. The van der Waals surface area contributed by atoms with Crippen LogP contribution in [0.5, 0.6) is 11.5 Å². The van der Waals surface area contributed by atoms with Gasteiger partial charge in [0.25, 0.3) is 0 Å². The van der Waals surface area contributed by atoms with Crippen LogP contribution in [0.2, 0.25) is 0 Å². The van der Waals surface area contributed by atoms with Gasteiger partial charge in [0.2, 0.25) is 0 Å². The number of aryl methyl sites for hydroxylation is 1. The molecule has 0 aliphatic rings. The van der Waals surface area contributed by atoms with Crippen molar-refractivity contribution in [3.8, 4) is 11.5 Å². The molecule has 14 heavy (non-hydrogen) atoms. The Hall–Kier alpha value is -1.27. The van der Waals surface area contributed by atoms with E-state index in [1.807, 2.05) is 0 Å². The van der Waals surface area contributed by atoms with Gasteiger partial charge in [0.05, 0.1) is 7.11 Å². The number of hydrogen-bond acceptors (Lipinski definition) is 4. The summed E-state index contributed by atoms with van der Waals surface area (Å²) in [5.74, 6) is 0.416. The second-order valence-corrected chi connectivity index (χ2v) is 3.88. The molecular weight excluding hydrogens is 206 g/mol. The monoisotopic (exact) mass is 217 g/mol. The van der Waals surface area contributed by atoms with Gasteiger partial charge >= 0.3 is 10.3 Å². The van der Waals surface area contributed by atoms with Crippen LogP contribution in [0.3, 0.4) is 0 Å². The molecule has 0 amide bonds. The molecule has 0 aliphatic heterocycles. The lowest BCUT2D eigenvalue weighted by Gasteiger charge is -2.08. The number of ether oxygens (including phenoxy) is 1. The highest BCUT2D eigenvalue weighted by Crippen LogP contribution is 2.28. The van der Waals surface area contributed by atoms with Gasteiger partial charge in [0.15, 0.2) is 11.5 Å². The van der Waals surface area contributed by atoms with Gasteiger partial charge in [-0.2, -0.15) is 13.6 Å². The van der Waals surface area contributed by atoms with Crippen LogP contribution in [-0.4, -0.2) is 15.5 Å². The highest BCUT2D eigenvalue weighted by molar-refractivity contribution is 7.84. The fourth-order valence-corrected chi connectivity index (χ4v) is 1.35. The van der Waals surface area contributed by atoms with E-state index in [9.17, 15) is 8.42 Å². The van der Waals surface area contributed by atoms with Crippen molar-refractivity contribution < 1.29 is 17.3 Å². The zero-order chi connectivity index (χ0) is 10.8. The molecule has 0 saturated carbocycles. The van der Waals surface area contributed by atoms with Crippen LogP contribution in [-0.2, 0) is 10.3 Å². The maximum absolute atomic E-state index is 10.7. The summed E-state index contributed by atoms with van der Waals surface area (Å²) in [6, 6.07) is 4.91. The molecule has 1 aromatic rings. The minimum Gasteiger partial charge on any atom is -0.493 e. The van der Waals surface area contributed by atoms with Crippen LogP contribution >= 0.6 is 0 Å². The zero-order valence-electron chi connectivity index (χ0n) is 7.85. The molecule has 0 atom stereocenters. The number of rotatable bonds is 3. The third-order valence-electron chi connectivity index (χ3n) is 1.53. The molecule has 1 rings (SSSR count). The topological polar surface area (TPSA) is 78.6 Å². The lowest BCUT2D eigenvalue weighted by molar-refractivity contribution is 0.390. The van der Waals surface area contributed by atoms with Gasteiger partial charge in [-0.25, -0.2) is 0 Å². The summed E-state index contributed by atoms with van der Waals surface area (Å²) in [6.07, 6.45) is 0. The Morgan fingerprint density at radius 2 is 1.93 bits per heavy atom. The summed E-state index contributed by atoms with van der Waals surface area (Å²) in [4.78, 5) is 0. The molecule has 6 heteroatoms. The molecule has 0 bridgehead atoms. The van der Waals surface area contributed by atoms with Crippen LogP contribution in [0.1, 0.15) is 5.56 Å². The summed E-state index contributed by atoms with van der Waals surface area (Å²) < 4.78 is 30.8. The van der Waals surface area contributed by atoms with Crippen molar-refractivity contribution >= 4 is 10.3 Å². The van der Waals surface area contributed by atoms with Crippen molar-refractivity contribution in [3.05, 3.63) is 23.8 Å². The molecule has 0 unspecified atom stereocenters. The summed E-state index contributed by atoms with van der Waals surface area (Å²) in [5, 5.41) is 4.74. The molecule has 0 spiro atoms. The molecular formula is C8H11NO4S. The van der Waals surface area contributed by atoms with Crippen LogP contribution in [0.4, 0.5) is 0 Å². The Balaban J connectivity index is 3.11. The second-order valence-electron chi connectivity index (χ2n) is 2.73. The van der Waals surface area contributed by atoms with Gasteiger partial charge in [0.1, 0.15) is 0 Å². The van der Waals surface area contributed by atoms with Gasteiger partial charge in [-0.1, -0.05) is 6.07 Å². The molecule has 0 fully saturated rings. The quantitative estimate of drug-likeness (QED) is 0.803. The van der Waals surface area contributed by atoms with Crippen molar-refractivity contribution in [2.24, 2.45) is 5.14 Å². The van der Waals surface area contributed by atoms with Gasteiger partial charge in [-0.3, -0.25) is 0 Å². The Morgan fingerprint density at radius 1 is 1.29 bits per heavy atom. The highest BCUT2D eigenvalue weighted by Gasteiger charge is 2.10. The van der Waals surface area contributed by atoms with Gasteiger partial charge in [-0.15, -0.1) is 0 Å². The largest absolute Gasteiger partial charge is 0.493 e. The Morgan fingerprint density at radius 3 is 2.43 bits per heavy atom. The summed E-state index contributed by atoms with van der Waals surface area (Å²) in [7, 11) is -2.59. The number of benzene rings is 1. The number of hydrogen-bond donors (Lipinski definition) is 1. The minimum atomic E-state index is -4.01. The SMILES string of the molecule is COc1ccc(C)cc1OS(N)(=O)=O. The summed E-state index contributed by atoms with van der Waals surface area (Å²) in [5.41, 5.74) is 0.851. The van der Waals surface area contributed by atoms with Crippen LogP contribution in [0, 0.1) is 6.92 Å². The first kappa shape index (κ1) is 10.8. The van der Waals surface area contributed by atoms with Gasteiger partial charge in [0, 0.05) is 0 Å². The van der Waals surface area contributed by atoms with Crippen molar-refractivity contribution in [1.29, 1.82) is 0 Å². The van der Waals surface area contributed by atoms with E-state index in [1.165, 1.54) is 13.2 Å². The van der Waals surface area contributed by atoms with E-state index in [1.54, 1.807) is 19.1 Å². The average Bonchev–Trinajstić information content (AvgIpc) is 2.01. The minimum absolute atomic E-state index is 0.0926. The normalized spacial score (nSPS) is 11.1. The van der Waals surface area contributed by atoms with E-state index in [-0.39, 0.29) is 5.75 Å². The first-order valence-corrected chi connectivity index (χ1v) is 5.26. The van der Waals surface area contributed by atoms with E-state index < -0.39 is 10.3 Å². The van der Waals surface area contributed by atoms with Crippen molar-refractivity contribution in [2.45, 2.75) is 6.92 Å². The smallest absolute Gasteiger partial charge is 0.380 e. The Labute approximate surface area is 82.7 Å². The molecule has 0 saturated heterocycles. The van der Waals surface area contributed by atoms with Crippen molar-refractivity contribution in [1.82, 2.24) is 0 Å². The molecule has 2 N–H and O–H groups in total. The molecule has 5 nitrogen and oxygen atoms in total. The maximum Gasteiger partial charge on any atom is 0.380 e. The highest BCUT2D eigenvalue weighted by atomic mass is 32.2. The number of methoxy groups -OCH3 is 1. The van der Waals surface area contributed by atoms with Crippen LogP contribution < -0.4 is 14.1 Å². The predicted molar refractivity (Wildman–Crippen MR) is 51.5 cm³/mol. The lowest BCUT2D eigenvalue weighted by atomic mass is 10.2. The molecule has 1 aromatic carbocycles. The average molecular weight is 217 g/mol. The molecule has 78 valence electrons. The Bertz CT molecular complexity index is 427. The van der Waals surface area contributed by atoms with E-state index >= 15 is 0 Å². The zero-order valence-corrected chi connectivity index (χ0v) is 8.67. The van der Waals surface area contributed by atoms with Crippen molar-refractivity contribution in [2.75, 3.05) is 7.11 Å². The molecule has 0 aromatic heterocycles. The third-order valence-corrected chi connectivity index (χ3v) is 1.94. The van der Waals surface area contributed by atoms with Crippen LogP contribution in [0.15, 0.2) is 18.2 Å². The standard InChI is InChI=1S/C8H11NO4S/c1-6-3-4-7(12-2)8(5-6)13-14(9,10)11/h3-5H,1-2H3,(H2,9,10,11). The third kappa shape index (κ3) is 2.90.